The normalized spacial score (nSPS) is 20.6. The Labute approximate surface area is 170 Å². The molecule has 2 amide bonds. The summed E-state index contributed by atoms with van der Waals surface area (Å²) >= 11 is 0. The number of hydrogen-bond donors (Lipinski definition) is 0. The van der Waals surface area contributed by atoms with Gasteiger partial charge in [-0.15, -0.1) is 0 Å². The molecule has 0 bridgehead atoms. The van der Waals surface area contributed by atoms with Crippen molar-refractivity contribution in [3.8, 4) is 0 Å². The zero-order valence-corrected chi connectivity index (χ0v) is 17.1. The van der Waals surface area contributed by atoms with Crippen molar-refractivity contribution in [3.05, 3.63) is 58.9 Å². The fourth-order valence-corrected chi connectivity index (χ4v) is 4.64. The minimum absolute atomic E-state index is 0.147. The Morgan fingerprint density at radius 3 is 2.17 bits per heavy atom. The van der Waals surface area contributed by atoms with Gasteiger partial charge in [0.05, 0.1) is 23.8 Å². The monoisotopic (exact) mass is 395 g/mol. The highest BCUT2D eigenvalue weighted by Gasteiger charge is 2.44. The van der Waals surface area contributed by atoms with Crippen LogP contribution in [-0.4, -0.2) is 48.9 Å². The highest BCUT2D eigenvalue weighted by atomic mass is 19.1. The van der Waals surface area contributed by atoms with Crippen molar-refractivity contribution < 1.29 is 14.0 Å². The molecule has 5 nitrogen and oxygen atoms in total. The van der Waals surface area contributed by atoms with Crippen LogP contribution in [0.1, 0.15) is 23.1 Å². The number of amides is 2. The maximum Gasteiger partial charge on any atom is 0.251 e. The van der Waals surface area contributed by atoms with Crippen molar-refractivity contribution in [2.45, 2.75) is 33.2 Å². The van der Waals surface area contributed by atoms with Crippen molar-refractivity contribution in [2.75, 3.05) is 36.0 Å². The Morgan fingerprint density at radius 2 is 1.55 bits per heavy atom. The van der Waals surface area contributed by atoms with Gasteiger partial charge in [-0.1, -0.05) is 29.8 Å². The molecule has 0 aromatic heterocycles. The van der Waals surface area contributed by atoms with E-state index < -0.39 is 6.04 Å². The lowest BCUT2D eigenvalue weighted by Crippen LogP contribution is -2.52. The largest absolute Gasteiger partial charge is 0.367 e. The minimum atomic E-state index is -0.439. The number of carbonyl (C=O) groups is 2. The number of halogens is 1. The summed E-state index contributed by atoms with van der Waals surface area (Å²) in [5.74, 6) is -0.527. The van der Waals surface area contributed by atoms with Crippen LogP contribution in [0.25, 0.3) is 0 Å². The summed E-state index contributed by atoms with van der Waals surface area (Å²) in [6.07, 6.45) is 0.200. The third-order valence-electron chi connectivity index (χ3n) is 5.93. The van der Waals surface area contributed by atoms with E-state index in [-0.39, 0.29) is 24.1 Å². The molecule has 2 fully saturated rings. The highest BCUT2D eigenvalue weighted by molar-refractivity contribution is 6.23. The van der Waals surface area contributed by atoms with Crippen molar-refractivity contribution in [3.63, 3.8) is 0 Å². The van der Waals surface area contributed by atoms with Crippen LogP contribution in [0.3, 0.4) is 0 Å². The number of para-hydroxylation sites is 1. The minimum Gasteiger partial charge on any atom is -0.367 e. The van der Waals surface area contributed by atoms with E-state index in [2.05, 4.69) is 4.90 Å². The standard InChI is InChI=1S/C23H26FN3O2/c1-15-12-16(2)22(17(3)13-15)27-21(28)14-20(23(27)29)26-10-8-25(9-11-26)19-7-5-4-6-18(19)24/h4-7,12-13,20H,8-11,14H2,1-3H3/t20-/m0/s1. The molecule has 2 saturated heterocycles. The Hall–Kier alpha value is -2.73. The highest BCUT2D eigenvalue weighted by Crippen LogP contribution is 2.32. The zero-order valence-electron chi connectivity index (χ0n) is 17.1. The molecule has 2 aliphatic heterocycles. The maximum atomic E-state index is 14.1. The van der Waals surface area contributed by atoms with Crippen LogP contribution in [0.4, 0.5) is 15.8 Å². The van der Waals surface area contributed by atoms with Crippen LogP contribution in [0.2, 0.25) is 0 Å². The summed E-state index contributed by atoms with van der Waals surface area (Å²) in [7, 11) is 0. The van der Waals surface area contributed by atoms with Gasteiger partial charge in [-0.3, -0.25) is 14.5 Å². The number of rotatable bonds is 3. The molecular weight excluding hydrogens is 369 g/mol. The number of aryl methyl sites for hydroxylation is 3. The van der Waals surface area contributed by atoms with Crippen molar-refractivity contribution >= 4 is 23.2 Å². The molecule has 2 aromatic carbocycles. The SMILES string of the molecule is Cc1cc(C)c(N2C(=O)C[C@H](N3CCN(c4ccccc4F)CC3)C2=O)c(C)c1. The number of nitrogens with zero attached hydrogens (tertiary/aromatic N) is 3. The topological polar surface area (TPSA) is 43.9 Å². The fraction of sp³-hybridized carbons (Fsp3) is 0.391. The maximum absolute atomic E-state index is 14.1. The van der Waals surface area contributed by atoms with Gasteiger partial charge in [-0.05, 0) is 44.0 Å². The first-order valence-electron chi connectivity index (χ1n) is 10.0. The van der Waals surface area contributed by atoms with Gasteiger partial charge < -0.3 is 4.90 Å². The molecule has 0 saturated carbocycles. The lowest BCUT2D eigenvalue weighted by molar-refractivity contribution is -0.123. The molecule has 0 N–H and O–H groups in total. The van der Waals surface area contributed by atoms with Gasteiger partial charge >= 0.3 is 0 Å². The van der Waals surface area contributed by atoms with Gasteiger partial charge in [0.25, 0.3) is 5.91 Å². The van der Waals surface area contributed by atoms with E-state index in [0.717, 1.165) is 22.4 Å². The van der Waals surface area contributed by atoms with Crippen LogP contribution in [0.5, 0.6) is 0 Å². The first-order valence-corrected chi connectivity index (χ1v) is 10.0. The molecule has 1 atom stereocenters. The van der Waals surface area contributed by atoms with E-state index in [1.54, 1.807) is 12.1 Å². The van der Waals surface area contributed by atoms with E-state index in [4.69, 9.17) is 0 Å². The van der Waals surface area contributed by atoms with E-state index >= 15 is 0 Å². The third-order valence-corrected chi connectivity index (χ3v) is 5.93. The van der Waals surface area contributed by atoms with Gasteiger partial charge in [0, 0.05) is 26.2 Å². The number of benzene rings is 2. The predicted molar refractivity (Wildman–Crippen MR) is 112 cm³/mol. The summed E-state index contributed by atoms with van der Waals surface area (Å²) < 4.78 is 14.1. The zero-order chi connectivity index (χ0) is 20.7. The Bertz CT molecular complexity index is 943. The second-order valence-electron chi connectivity index (χ2n) is 8.01. The third kappa shape index (κ3) is 3.53. The van der Waals surface area contributed by atoms with E-state index in [9.17, 15) is 14.0 Å². The number of anilines is 2. The molecule has 0 spiro atoms. The molecule has 4 rings (SSSR count). The summed E-state index contributed by atoms with van der Waals surface area (Å²) in [5.41, 5.74) is 4.30. The van der Waals surface area contributed by atoms with E-state index in [1.165, 1.54) is 11.0 Å². The number of carbonyl (C=O) groups excluding carboxylic acids is 2. The molecule has 0 unspecified atom stereocenters. The summed E-state index contributed by atoms with van der Waals surface area (Å²) in [5, 5.41) is 0. The lowest BCUT2D eigenvalue weighted by atomic mass is 10.0. The van der Waals surface area contributed by atoms with Crippen LogP contribution in [0.15, 0.2) is 36.4 Å². The summed E-state index contributed by atoms with van der Waals surface area (Å²) in [4.78, 5) is 31.4. The van der Waals surface area contributed by atoms with Gasteiger partial charge in [0.1, 0.15) is 5.82 Å². The molecule has 0 radical (unpaired) electrons. The lowest BCUT2D eigenvalue weighted by Gasteiger charge is -2.38. The average molecular weight is 395 g/mol. The van der Waals surface area contributed by atoms with Crippen LogP contribution in [-0.2, 0) is 9.59 Å². The van der Waals surface area contributed by atoms with Crippen molar-refractivity contribution in [2.24, 2.45) is 0 Å². The fourth-order valence-electron chi connectivity index (χ4n) is 4.64. The quantitative estimate of drug-likeness (QED) is 0.749. The molecule has 29 heavy (non-hydrogen) atoms. The predicted octanol–water partition coefficient (Wildman–Crippen LogP) is 3.21. The van der Waals surface area contributed by atoms with Crippen molar-refractivity contribution in [1.82, 2.24) is 4.90 Å². The molecule has 2 aliphatic rings. The van der Waals surface area contributed by atoms with E-state index in [0.29, 0.717) is 31.9 Å². The van der Waals surface area contributed by atoms with Gasteiger partial charge in [-0.25, -0.2) is 9.29 Å². The molecule has 152 valence electrons. The number of hydrogen-bond acceptors (Lipinski definition) is 4. The number of piperazine rings is 1. The van der Waals surface area contributed by atoms with Gasteiger partial charge in [-0.2, -0.15) is 0 Å². The van der Waals surface area contributed by atoms with Gasteiger partial charge in [0.2, 0.25) is 5.91 Å². The molecule has 0 aliphatic carbocycles. The molecule has 2 aromatic rings. The average Bonchev–Trinajstić information content (AvgIpc) is 2.97. The van der Waals surface area contributed by atoms with Gasteiger partial charge in [0.15, 0.2) is 0 Å². The smallest absolute Gasteiger partial charge is 0.251 e. The molecule has 2 heterocycles. The summed E-state index contributed by atoms with van der Waals surface area (Å²) in [6.45, 7) is 8.39. The first kappa shape index (κ1) is 19.6. The number of imide groups is 1. The van der Waals surface area contributed by atoms with Crippen molar-refractivity contribution in [1.29, 1.82) is 0 Å². The van der Waals surface area contributed by atoms with Crippen LogP contribution >= 0.6 is 0 Å². The molecule has 6 heteroatoms. The Balaban J connectivity index is 1.50. The first-order chi connectivity index (χ1) is 13.9. The second kappa shape index (κ2) is 7.59. The second-order valence-corrected chi connectivity index (χ2v) is 8.01. The summed E-state index contributed by atoms with van der Waals surface area (Å²) in [6, 6.07) is 10.3. The Morgan fingerprint density at radius 1 is 0.931 bits per heavy atom. The Kier molecular flexibility index (Phi) is 5.13. The van der Waals surface area contributed by atoms with Crippen LogP contribution in [0, 0.1) is 26.6 Å². The van der Waals surface area contributed by atoms with Crippen LogP contribution < -0.4 is 9.80 Å². The molecular formula is C23H26FN3O2. The van der Waals surface area contributed by atoms with E-state index in [1.807, 2.05) is 43.9 Å².